The molecule has 1 amide bonds. The number of aryl methyl sites for hydroxylation is 2. The van der Waals surface area contributed by atoms with Gasteiger partial charge in [0.2, 0.25) is 15.9 Å². The highest BCUT2D eigenvalue weighted by molar-refractivity contribution is 7.89. The molecule has 3 N–H and O–H groups in total. The standard InChI is InChI=1S/C15H27N5O3S/c1-11-14(12(2)19-18-11)24(22,23)20-9-4-6-13(10-20)15(21)17-8-5-7-16-3/h13,16H,4-10H2,1-3H3,(H,17,21)(H,18,19). The highest BCUT2D eigenvalue weighted by Crippen LogP contribution is 2.26. The van der Waals surface area contributed by atoms with Crippen molar-refractivity contribution in [1.82, 2.24) is 25.1 Å². The average Bonchev–Trinajstić information content (AvgIpc) is 2.91. The van der Waals surface area contributed by atoms with Gasteiger partial charge in [0, 0.05) is 19.6 Å². The van der Waals surface area contributed by atoms with Crippen LogP contribution in [0.25, 0.3) is 0 Å². The number of sulfonamides is 1. The molecule has 1 fully saturated rings. The molecule has 1 aromatic rings. The molecule has 1 atom stereocenters. The summed E-state index contributed by atoms with van der Waals surface area (Å²) in [5.74, 6) is -0.359. The number of H-pyrrole nitrogens is 1. The molecule has 8 nitrogen and oxygen atoms in total. The Morgan fingerprint density at radius 2 is 2.12 bits per heavy atom. The molecule has 1 saturated heterocycles. The zero-order valence-electron chi connectivity index (χ0n) is 14.6. The second kappa shape index (κ2) is 8.09. The molecule has 1 aliphatic heterocycles. The van der Waals surface area contributed by atoms with Crippen molar-refractivity contribution in [3.05, 3.63) is 11.4 Å². The monoisotopic (exact) mass is 357 g/mol. The van der Waals surface area contributed by atoms with E-state index in [1.165, 1.54) is 4.31 Å². The Balaban J connectivity index is 2.03. The van der Waals surface area contributed by atoms with E-state index in [9.17, 15) is 13.2 Å². The van der Waals surface area contributed by atoms with Crippen LogP contribution in [-0.4, -0.2) is 62.1 Å². The van der Waals surface area contributed by atoms with E-state index in [0.29, 0.717) is 37.3 Å². The van der Waals surface area contributed by atoms with E-state index in [-0.39, 0.29) is 23.3 Å². The fourth-order valence-electron chi connectivity index (χ4n) is 3.05. The summed E-state index contributed by atoms with van der Waals surface area (Å²) < 4.78 is 27.2. The van der Waals surface area contributed by atoms with Crippen LogP contribution in [-0.2, 0) is 14.8 Å². The number of rotatable bonds is 7. The van der Waals surface area contributed by atoms with Gasteiger partial charge in [-0.15, -0.1) is 0 Å². The molecule has 1 aliphatic rings. The van der Waals surface area contributed by atoms with E-state index >= 15 is 0 Å². The third kappa shape index (κ3) is 4.14. The summed E-state index contributed by atoms with van der Waals surface area (Å²) in [6, 6.07) is 0. The number of nitrogens with zero attached hydrogens (tertiary/aromatic N) is 2. The van der Waals surface area contributed by atoms with Crippen molar-refractivity contribution < 1.29 is 13.2 Å². The van der Waals surface area contributed by atoms with Crippen LogP contribution in [0.5, 0.6) is 0 Å². The van der Waals surface area contributed by atoms with Gasteiger partial charge in [-0.2, -0.15) is 9.40 Å². The number of carbonyl (C=O) groups is 1. The van der Waals surface area contributed by atoms with Gasteiger partial charge in [0.05, 0.1) is 17.3 Å². The van der Waals surface area contributed by atoms with E-state index in [0.717, 1.165) is 13.0 Å². The fraction of sp³-hybridized carbons (Fsp3) is 0.733. The van der Waals surface area contributed by atoms with Crippen LogP contribution in [0.2, 0.25) is 0 Å². The van der Waals surface area contributed by atoms with Crippen molar-refractivity contribution in [1.29, 1.82) is 0 Å². The third-order valence-electron chi connectivity index (χ3n) is 4.32. The summed E-state index contributed by atoms with van der Waals surface area (Å²) in [5, 5.41) is 12.6. The Morgan fingerprint density at radius 3 is 2.75 bits per heavy atom. The van der Waals surface area contributed by atoms with E-state index in [4.69, 9.17) is 0 Å². The molecule has 24 heavy (non-hydrogen) atoms. The predicted octanol–water partition coefficient (Wildman–Crippen LogP) is 0.153. The Morgan fingerprint density at radius 1 is 1.38 bits per heavy atom. The number of aromatic amines is 1. The first-order valence-electron chi connectivity index (χ1n) is 8.32. The number of aromatic nitrogens is 2. The molecule has 136 valence electrons. The predicted molar refractivity (Wildman–Crippen MR) is 91.1 cm³/mol. The summed E-state index contributed by atoms with van der Waals surface area (Å²) in [7, 11) is -1.76. The summed E-state index contributed by atoms with van der Waals surface area (Å²) in [6.45, 7) is 5.47. The molecule has 1 unspecified atom stereocenters. The number of nitrogens with one attached hydrogen (secondary N) is 3. The first-order chi connectivity index (χ1) is 11.4. The highest BCUT2D eigenvalue weighted by Gasteiger charge is 2.35. The topological polar surface area (TPSA) is 107 Å². The van der Waals surface area contributed by atoms with Gasteiger partial charge in [-0.1, -0.05) is 0 Å². The van der Waals surface area contributed by atoms with E-state index in [1.54, 1.807) is 13.8 Å². The molecular weight excluding hydrogens is 330 g/mol. The van der Waals surface area contributed by atoms with Gasteiger partial charge >= 0.3 is 0 Å². The smallest absolute Gasteiger partial charge is 0.246 e. The molecular formula is C15H27N5O3S. The maximum atomic E-state index is 12.9. The minimum Gasteiger partial charge on any atom is -0.356 e. The number of hydrogen-bond donors (Lipinski definition) is 3. The number of carbonyl (C=O) groups excluding carboxylic acids is 1. The van der Waals surface area contributed by atoms with Gasteiger partial charge in [-0.25, -0.2) is 8.42 Å². The fourth-order valence-corrected chi connectivity index (χ4v) is 4.90. The van der Waals surface area contributed by atoms with Gasteiger partial charge in [0.15, 0.2) is 0 Å². The van der Waals surface area contributed by atoms with Crippen molar-refractivity contribution in [2.24, 2.45) is 5.92 Å². The lowest BCUT2D eigenvalue weighted by Gasteiger charge is -2.31. The summed E-state index contributed by atoms with van der Waals surface area (Å²) in [6.07, 6.45) is 2.25. The van der Waals surface area contributed by atoms with Gasteiger partial charge in [-0.05, 0) is 46.7 Å². The maximum Gasteiger partial charge on any atom is 0.246 e. The van der Waals surface area contributed by atoms with E-state index < -0.39 is 10.0 Å². The zero-order valence-corrected chi connectivity index (χ0v) is 15.4. The van der Waals surface area contributed by atoms with E-state index in [1.807, 2.05) is 7.05 Å². The highest BCUT2D eigenvalue weighted by atomic mass is 32.2. The molecule has 2 rings (SSSR count). The van der Waals surface area contributed by atoms with Crippen LogP contribution in [0, 0.1) is 19.8 Å². The van der Waals surface area contributed by atoms with Gasteiger partial charge in [0.1, 0.15) is 4.90 Å². The van der Waals surface area contributed by atoms with Crippen molar-refractivity contribution in [2.75, 3.05) is 33.2 Å². The molecule has 1 aromatic heterocycles. The van der Waals surface area contributed by atoms with Crippen molar-refractivity contribution >= 4 is 15.9 Å². The van der Waals surface area contributed by atoms with Crippen LogP contribution < -0.4 is 10.6 Å². The van der Waals surface area contributed by atoms with Gasteiger partial charge in [0.25, 0.3) is 0 Å². The van der Waals surface area contributed by atoms with Gasteiger partial charge < -0.3 is 10.6 Å². The molecule has 2 heterocycles. The zero-order chi connectivity index (χ0) is 17.7. The Labute approximate surface area is 143 Å². The van der Waals surface area contributed by atoms with Crippen LogP contribution in [0.15, 0.2) is 4.90 Å². The van der Waals surface area contributed by atoms with Crippen LogP contribution >= 0.6 is 0 Å². The number of hydrogen-bond acceptors (Lipinski definition) is 5. The van der Waals surface area contributed by atoms with Crippen LogP contribution in [0.1, 0.15) is 30.7 Å². The minimum absolute atomic E-state index is 0.0633. The molecule has 9 heteroatoms. The summed E-state index contributed by atoms with van der Waals surface area (Å²) in [5.41, 5.74) is 0.997. The average molecular weight is 357 g/mol. The summed E-state index contributed by atoms with van der Waals surface area (Å²) >= 11 is 0. The molecule has 0 radical (unpaired) electrons. The Bertz CT molecular complexity index is 651. The van der Waals surface area contributed by atoms with Crippen molar-refractivity contribution in [3.63, 3.8) is 0 Å². The van der Waals surface area contributed by atoms with Crippen LogP contribution in [0.4, 0.5) is 0 Å². The maximum absolute atomic E-state index is 12.9. The first-order valence-corrected chi connectivity index (χ1v) is 9.76. The Hall–Kier alpha value is -1.45. The minimum atomic E-state index is -3.63. The molecule has 0 saturated carbocycles. The SMILES string of the molecule is CNCCCNC(=O)C1CCCN(S(=O)(=O)c2c(C)n[nH]c2C)C1. The lowest BCUT2D eigenvalue weighted by molar-refractivity contribution is -0.126. The molecule has 0 aromatic carbocycles. The summed E-state index contributed by atoms with van der Waals surface area (Å²) in [4.78, 5) is 12.5. The van der Waals surface area contributed by atoms with Crippen molar-refractivity contribution in [2.45, 2.75) is 38.0 Å². The largest absolute Gasteiger partial charge is 0.356 e. The molecule has 0 spiro atoms. The van der Waals surface area contributed by atoms with E-state index in [2.05, 4.69) is 20.8 Å². The quantitative estimate of drug-likeness (QED) is 0.602. The Kier molecular flexibility index (Phi) is 6.36. The molecule has 0 bridgehead atoms. The lowest BCUT2D eigenvalue weighted by atomic mass is 9.99. The van der Waals surface area contributed by atoms with Gasteiger partial charge in [-0.3, -0.25) is 9.89 Å². The first kappa shape index (κ1) is 18.9. The second-order valence-electron chi connectivity index (χ2n) is 6.21. The normalized spacial score (nSPS) is 19.4. The van der Waals surface area contributed by atoms with Crippen LogP contribution in [0.3, 0.4) is 0 Å². The third-order valence-corrected chi connectivity index (χ3v) is 6.45. The lowest BCUT2D eigenvalue weighted by Crippen LogP contribution is -2.45. The molecule has 0 aliphatic carbocycles. The number of amides is 1. The van der Waals surface area contributed by atoms with Crippen molar-refractivity contribution in [3.8, 4) is 0 Å². The second-order valence-corrected chi connectivity index (χ2v) is 8.09. The number of piperidine rings is 1.